The molecule has 2 aromatic rings. The van der Waals surface area contributed by atoms with Gasteiger partial charge in [0, 0.05) is 36.5 Å². The fourth-order valence-electron chi connectivity index (χ4n) is 3.90. The van der Waals surface area contributed by atoms with Gasteiger partial charge in [0.25, 0.3) is 5.91 Å². The van der Waals surface area contributed by atoms with E-state index in [1.807, 2.05) is 12.1 Å². The minimum absolute atomic E-state index is 0.000491. The van der Waals surface area contributed by atoms with Gasteiger partial charge in [-0.05, 0) is 58.5 Å². The fourth-order valence-corrected chi connectivity index (χ4v) is 4.54. The van der Waals surface area contributed by atoms with Crippen LogP contribution in [0.3, 0.4) is 0 Å². The van der Waals surface area contributed by atoms with Crippen molar-refractivity contribution in [2.45, 2.75) is 44.6 Å². The molecule has 2 amide bonds. The number of Topliss-reactive ketones (excluding diaryl/α,β-unsaturated/α-hetero) is 1. The second-order valence-electron chi connectivity index (χ2n) is 8.28. The first kappa shape index (κ1) is 28.1. The predicted octanol–water partition coefficient (Wildman–Crippen LogP) is 2.87. The standard InChI is InChI=1S/C26H28ClIN2O6/c1-2-21(32)26(35)30(15-16-7-9-18(27)10-8-16)20-13-17(25(34)29-11-12-31)14-23(24(20)33)36-22-6-4-3-5-19(22)28/h3-10,14,20,23-24,31,33H,2,11-13,15H2,1H3,(H,29,34). The van der Waals surface area contributed by atoms with Crippen molar-refractivity contribution < 1.29 is 29.3 Å². The maximum atomic E-state index is 13.2. The summed E-state index contributed by atoms with van der Waals surface area (Å²) in [6, 6.07) is 13.1. The Kier molecular flexibility index (Phi) is 10.3. The van der Waals surface area contributed by atoms with Crippen molar-refractivity contribution in [2.24, 2.45) is 0 Å². The van der Waals surface area contributed by atoms with Gasteiger partial charge in [-0.15, -0.1) is 0 Å². The molecule has 0 saturated carbocycles. The molecule has 0 aliphatic heterocycles. The third kappa shape index (κ3) is 7.06. The number of hydrogen-bond donors (Lipinski definition) is 3. The van der Waals surface area contributed by atoms with Gasteiger partial charge >= 0.3 is 0 Å². The van der Waals surface area contributed by atoms with Crippen LogP contribution in [0.2, 0.25) is 5.02 Å². The molecule has 1 aliphatic carbocycles. The number of ketones is 1. The molecule has 3 N–H and O–H groups in total. The Morgan fingerprint density at radius 1 is 1.17 bits per heavy atom. The summed E-state index contributed by atoms with van der Waals surface area (Å²) in [4.78, 5) is 39.8. The number of nitrogens with one attached hydrogen (secondary N) is 1. The number of rotatable bonds is 10. The van der Waals surface area contributed by atoms with Crippen molar-refractivity contribution in [3.05, 3.63) is 74.3 Å². The highest BCUT2D eigenvalue weighted by atomic mass is 127. The molecule has 192 valence electrons. The van der Waals surface area contributed by atoms with Crippen molar-refractivity contribution in [3.63, 3.8) is 0 Å². The Bertz CT molecular complexity index is 1120. The summed E-state index contributed by atoms with van der Waals surface area (Å²) in [7, 11) is 0. The molecule has 2 aromatic carbocycles. The van der Waals surface area contributed by atoms with Crippen LogP contribution in [0.5, 0.6) is 5.75 Å². The minimum Gasteiger partial charge on any atom is -0.482 e. The van der Waals surface area contributed by atoms with Crippen LogP contribution >= 0.6 is 34.2 Å². The van der Waals surface area contributed by atoms with E-state index < -0.39 is 35.8 Å². The number of carbonyl (C=O) groups excluding carboxylic acids is 3. The van der Waals surface area contributed by atoms with E-state index in [4.69, 9.17) is 21.4 Å². The first-order valence-electron chi connectivity index (χ1n) is 11.5. The molecule has 3 rings (SSSR count). The largest absolute Gasteiger partial charge is 0.482 e. The zero-order valence-corrected chi connectivity index (χ0v) is 22.6. The van der Waals surface area contributed by atoms with Gasteiger partial charge in [-0.25, -0.2) is 0 Å². The van der Waals surface area contributed by atoms with Crippen LogP contribution in [-0.2, 0) is 20.9 Å². The summed E-state index contributed by atoms with van der Waals surface area (Å²) in [5.74, 6) is -1.29. The van der Waals surface area contributed by atoms with Crippen LogP contribution in [0.15, 0.2) is 60.2 Å². The number of benzene rings is 2. The molecule has 0 heterocycles. The average Bonchev–Trinajstić information content (AvgIpc) is 2.88. The quantitative estimate of drug-likeness (QED) is 0.276. The van der Waals surface area contributed by atoms with Gasteiger partial charge in [-0.1, -0.05) is 42.8 Å². The smallest absolute Gasteiger partial charge is 0.290 e. The molecule has 3 atom stereocenters. The Hall–Kier alpha value is -2.47. The summed E-state index contributed by atoms with van der Waals surface area (Å²) in [6.45, 7) is 1.44. The number of para-hydroxylation sites is 1. The lowest BCUT2D eigenvalue weighted by molar-refractivity contribution is -0.149. The van der Waals surface area contributed by atoms with Gasteiger partial charge in [0.15, 0.2) is 0 Å². The van der Waals surface area contributed by atoms with E-state index in [2.05, 4.69) is 27.9 Å². The fraction of sp³-hybridized carbons (Fsp3) is 0.346. The third-order valence-electron chi connectivity index (χ3n) is 5.80. The zero-order valence-electron chi connectivity index (χ0n) is 19.7. The molecule has 36 heavy (non-hydrogen) atoms. The highest BCUT2D eigenvalue weighted by molar-refractivity contribution is 14.1. The molecular weight excluding hydrogens is 599 g/mol. The first-order chi connectivity index (χ1) is 17.2. The molecule has 0 spiro atoms. The van der Waals surface area contributed by atoms with Crippen molar-refractivity contribution >= 4 is 51.8 Å². The highest BCUT2D eigenvalue weighted by Gasteiger charge is 2.41. The maximum Gasteiger partial charge on any atom is 0.290 e. The number of halogens is 2. The van der Waals surface area contributed by atoms with E-state index in [1.54, 1.807) is 43.3 Å². The topological polar surface area (TPSA) is 116 Å². The normalized spacial score (nSPS) is 19.2. The Labute approximate surface area is 228 Å². The van der Waals surface area contributed by atoms with Crippen LogP contribution in [0, 0.1) is 3.57 Å². The monoisotopic (exact) mass is 626 g/mol. The van der Waals surface area contributed by atoms with E-state index in [-0.39, 0.29) is 38.1 Å². The van der Waals surface area contributed by atoms with Gasteiger partial charge in [-0.3, -0.25) is 14.4 Å². The molecule has 1 aliphatic rings. The van der Waals surface area contributed by atoms with Crippen LogP contribution < -0.4 is 10.1 Å². The second kappa shape index (κ2) is 13.2. The molecule has 8 nitrogen and oxygen atoms in total. The lowest BCUT2D eigenvalue weighted by atomic mass is 9.87. The van der Waals surface area contributed by atoms with Crippen molar-refractivity contribution in [3.8, 4) is 5.75 Å². The van der Waals surface area contributed by atoms with Crippen LogP contribution in [0.4, 0.5) is 0 Å². The number of nitrogens with zero attached hydrogens (tertiary/aromatic N) is 1. The summed E-state index contributed by atoms with van der Waals surface area (Å²) in [5, 5.41) is 23.6. The Morgan fingerprint density at radius 2 is 1.86 bits per heavy atom. The molecule has 0 radical (unpaired) electrons. The van der Waals surface area contributed by atoms with Crippen LogP contribution in [0.25, 0.3) is 0 Å². The number of amides is 2. The lowest BCUT2D eigenvalue weighted by Crippen LogP contribution is -2.56. The predicted molar refractivity (Wildman–Crippen MR) is 143 cm³/mol. The van der Waals surface area contributed by atoms with E-state index in [1.165, 1.54) is 11.0 Å². The van der Waals surface area contributed by atoms with E-state index in [9.17, 15) is 19.5 Å². The van der Waals surface area contributed by atoms with Crippen molar-refractivity contribution in [2.75, 3.05) is 13.2 Å². The maximum absolute atomic E-state index is 13.2. The lowest BCUT2D eigenvalue weighted by Gasteiger charge is -2.40. The summed E-state index contributed by atoms with van der Waals surface area (Å²) < 4.78 is 6.90. The third-order valence-corrected chi connectivity index (χ3v) is 6.94. The minimum atomic E-state index is -1.23. The summed E-state index contributed by atoms with van der Waals surface area (Å²) in [6.07, 6.45) is -0.659. The van der Waals surface area contributed by atoms with E-state index >= 15 is 0 Å². The van der Waals surface area contributed by atoms with Crippen molar-refractivity contribution in [1.29, 1.82) is 0 Å². The van der Waals surface area contributed by atoms with Gasteiger partial charge in [0.05, 0.1) is 16.2 Å². The first-order valence-corrected chi connectivity index (χ1v) is 13.0. The SMILES string of the molecule is CCC(=O)C(=O)N(Cc1ccc(Cl)cc1)C1CC(C(=O)NCCO)=CC(Oc2ccccc2I)C1O. The van der Waals surface area contributed by atoms with E-state index in [0.717, 1.165) is 3.57 Å². The number of ether oxygens (including phenoxy) is 1. The Balaban J connectivity index is 2.00. The van der Waals surface area contributed by atoms with E-state index in [0.29, 0.717) is 16.3 Å². The number of carbonyl (C=O) groups is 3. The number of aliphatic hydroxyl groups is 2. The summed E-state index contributed by atoms with van der Waals surface area (Å²) in [5.41, 5.74) is 0.993. The number of hydrogen-bond acceptors (Lipinski definition) is 6. The van der Waals surface area contributed by atoms with Crippen LogP contribution in [-0.4, -0.2) is 64.1 Å². The molecule has 0 aromatic heterocycles. The molecular formula is C26H28ClIN2O6. The van der Waals surface area contributed by atoms with Gasteiger partial charge < -0.3 is 25.2 Å². The van der Waals surface area contributed by atoms with Gasteiger partial charge in [0.2, 0.25) is 11.7 Å². The van der Waals surface area contributed by atoms with Gasteiger partial charge in [0.1, 0.15) is 18.0 Å². The second-order valence-corrected chi connectivity index (χ2v) is 9.88. The molecule has 0 fully saturated rings. The molecule has 0 saturated heterocycles. The zero-order chi connectivity index (χ0) is 26.2. The highest BCUT2D eigenvalue weighted by Crippen LogP contribution is 2.30. The molecule has 3 unspecified atom stereocenters. The van der Waals surface area contributed by atoms with Crippen LogP contribution in [0.1, 0.15) is 25.3 Å². The summed E-state index contributed by atoms with van der Waals surface area (Å²) >= 11 is 8.11. The molecule has 0 bridgehead atoms. The number of aliphatic hydroxyl groups excluding tert-OH is 2. The Morgan fingerprint density at radius 3 is 2.50 bits per heavy atom. The van der Waals surface area contributed by atoms with Crippen molar-refractivity contribution in [1.82, 2.24) is 10.2 Å². The van der Waals surface area contributed by atoms with Gasteiger partial charge in [-0.2, -0.15) is 0 Å². The molecule has 10 heteroatoms. The average molecular weight is 627 g/mol.